The molecular weight excluding hydrogens is 271 g/mol. The molecule has 2 rings (SSSR count). The first-order valence-electron chi connectivity index (χ1n) is 6.34. The van der Waals surface area contributed by atoms with Gasteiger partial charge in [0, 0.05) is 11.1 Å². The van der Waals surface area contributed by atoms with Crippen molar-refractivity contribution in [1.29, 1.82) is 0 Å². The SMILES string of the molecule is COc1ccc(F)cc1C(=NCC(N)=O)c1ccccc1. The van der Waals surface area contributed by atoms with Crippen molar-refractivity contribution >= 4 is 11.6 Å². The van der Waals surface area contributed by atoms with Crippen molar-refractivity contribution in [3.63, 3.8) is 0 Å². The van der Waals surface area contributed by atoms with Gasteiger partial charge in [-0.1, -0.05) is 30.3 Å². The molecule has 2 N–H and O–H groups in total. The number of ether oxygens (including phenoxy) is 1. The Morgan fingerprint density at radius 3 is 2.57 bits per heavy atom. The zero-order valence-corrected chi connectivity index (χ0v) is 11.5. The van der Waals surface area contributed by atoms with E-state index in [0.717, 1.165) is 5.56 Å². The standard InChI is InChI=1S/C16H15FN2O2/c1-21-14-8-7-12(17)9-13(14)16(19-10-15(18)20)11-5-3-2-4-6-11/h2-9H,10H2,1H3,(H2,18,20). The molecule has 108 valence electrons. The van der Waals surface area contributed by atoms with Crippen LogP contribution in [-0.4, -0.2) is 25.3 Å². The second-order valence-electron chi connectivity index (χ2n) is 4.34. The van der Waals surface area contributed by atoms with Crippen molar-refractivity contribution in [3.05, 3.63) is 65.5 Å². The van der Waals surface area contributed by atoms with E-state index in [9.17, 15) is 9.18 Å². The lowest BCUT2D eigenvalue weighted by atomic mass is 10.0. The third kappa shape index (κ3) is 3.66. The zero-order valence-electron chi connectivity index (χ0n) is 11.5. The van der Waals surface area contributed by atoms with E-state index in [2.05, 4.69) is 4.99 Å². The van der Waals surface area contributed by atoms with Crippen LogP contribution in [0.15, 0.2) is 53.5 Å². The van der Waals surface area contributed by atoms with E-state index in [1.165, 1.54) is 25.3 Å². The molecule has 0 saturated carbocycles. The van der Waals surface area contributed by atoms with E-state index in [1.807, 2.05) is 30.3 Å². The van der Waals surface area contributed by atoms with Gasteiger partial charge in [-0.3, -0.25) is 9.79 Å². The number of carbonyl (C=O) groups is 1. The molecule has 2 aromatic rings. The Morgan fingerprint density at radius 2 is 1.95 bits per heavy atom. The predicted molar refractivity (Wildman–Crippen MR) is 79.1 cm³/mol. The highest BCUT2D eigenvalue weighted by Gasteiger charge is 2.14. The van der Waals surface area contributed by atoms with Gasteiger partial charge < -0.3 is 10.5 Å². The summed E-state index contributed by atoms with van der Waals surface area (Å²) in [5.74, 6) is -0.490. The van der Waals surface area contributed by atoms with Gasteiger partial charge >= 0.3 is 0 Å². The van der Waals surface area contributed by atoms with Crippen molar-refractivity contribution in [2.75, 3.05) is 13.7 Å². The minimum Gasteiger partial charge on any atom is -0.496 e. The van der Waals surface area contributed by atoms with E-state index < -0.39 is 11.7 Å². The van der Waals surface area contributed by atoms with Crippen molar-refractivity contribution in [1.82, 2.24) is 0 Å². The number of primary amides is 1. The first-order chi connectivity index (χ1) is 10.1. The van der Waals surface area contributed by atoms with Crippen molar-refractivity contribution in [3.8, 4) is 5.75 Å². The number of hydrogen-bond donors (Lipinski definition) is 1. The summed E-state index contributed by atoms with van der Waals surface area (Å²) in [5, 5.41) is 0. The second kappa shape index (κ2) is 6.65. The van der Waals surface area contributed by atoms with E-state index in [-0.39, 0.29) is 6.54 Å². The highest BCUT2D eigenvalue weighted by molar-refractivity contribution is 6.14. The van der Waals surface area contributed by atoms with Crippen molar-refractivity contribution < 1.29 is 13.9 Å². The van der Waals surface area contributed by atoms with Gasteiger partial charge in [0.2, 0.25) is 5.91 Å². The summed E-state index contributed by atoms with van der Waals surface area (Å²) in [6.45, 7) is -0.177. The first-order valence-corrected chi connectivity index (χ1v) is 6.34. The summed E-state index contributed by atoms with van der Waals surface area (Å²) in [7, 11) is 1.49. The molecule has 21 heavy (non-hydrogen) atoms. The Labute approximate surface area is 122 Å². The summed E-state index contributed by atoms with van der Waals surface area (Å²) < 4.78 is 18.8. The molecule has 0 fully saturated rings. The highest BCUT2D eigenvalue weighted by atomic mass is 19.1. The molecule has 4 nitrogen and oxygen atoms in total. The maximum absolute atomic E-state index is 13.6. The van der Waals surface area contributed by atoms with Gasteiger partial charge in [-0.15, -0.1) is 0 Å². The van der Waals surface area contributed by atoms with Crippen LogP contribution in [0, 0.1) is 5.82 Å². The molecule has 0 unspecified atom stereocenters. The number of amides is 1. The zero-order chi connectivity index (χ0) is 15.2. The largest absolute Gasteiger partial charge is 0.496 e. The Morgan fingerprint density at radius 1 is 1.24 bits per heavy atom. The van der Waals surface area contributed by atoms with Crippen LogP contribution in [0.25, 0.3) is 0 Å². The summed E-state index contributed by atoms with van der Waals surface area (Å²) in [5.41, 5.74) is 6.84. The first kappa shape index (κ1) is 14.7. The van der Waals surface area contributed by atoms with Crippen LogP contribution in [0.3, 0.4) is 0 Å². The van der Waals surface area contributed by atoms with Gasteiger partial charge in [0.25, 0.3) is 0 Å². The van der Waals surface area contributed by atoms with E-state index in [4.69, 9.17) is 10.5 Å². The summed E-state index contributed by atoms with van der Waals surface area (Å²) >= 11 is 0. The minimum atomic E-state index is -0.557. The van der Waals surface area contributed by atoms with Gasteiger partial charge in [-0.05, 0) is 18.2 Å². The highest BCUT2D eigenvalue weighted by Crippen LogP contribution is 2.23. The maximum atomic E-state index is 13.6. The quantitative estimate of drug-likeness (QED) is 0.856. The fourth-order valence-electron chi connectivity index (χ4n) is 1.95. The maximum Gasteiger partial charge on any atom is 0.239 e. The molecule has 0 heterocycles. The number of carbonyl (C=O) groups excluding carboxylic acids is 1. The average molecular weight is 286 g/mol. The number of methoxy groups -OCH3 is 1. The van der Waals surface area contributed by atoms with Gasteiger partial charge in [0.1, 0.15) is 18.1 Å². The Bertz CT molecular complexity index is 669. The predicted octanol–water partition coefficient (Wildman–Crippen LogP) is 2.16. The average Bonchev–Trinajstić information content (AvgIpc) is 2.48. The lowest BCUT2D eigenvalue weighted by Crippen LogP contribution is -2.17. The normalized spacial score (nSPS) is 11.2. The molecule has 0 aliphatic heterocycles. The summed E-state index contributed by atoms with van der Waals surface area (Å²) in [4.78, 5) is 15.2. The van der Waals surface area contributed by atoms with Crippen LogP contribution >= 0.6 is 0 Å². The fourth-order valence-corrected chi connectivity index (χ4v) is 1.95. The number of hydrogen-bond acceptors (Lipinski definition) is 3. The van der Waals surface area contributed by atoms with Gasteiger partial charge in [0.15, 0.2) is 0 Å². The van der Waals surface area contributed by atoms with Crippen LogP contribution in [-0.2, 0) is 4.79 Å². The van der Waals surface area contributed by atoms with Crippen LogP contribution in [0.5, 0.6) is 5.75 Å². The molecule has 0 aliphatic rings. The number of rotatable bonds is 5. The molecule has 0 radical (unpaired) electrons. The summed E-state index contributed by atoms with van der Waals surface area (Å²) in [6, 6.07) is 13.3. The molecule has 5 heteroatoms. The number of benzene rings is 2. The molecule has 0 bridgehead atoms. The Kier molecular flexibility index (Phi) is 4.66. The van der Waals surface area contributed by atoms with Gasteiger partial charge in [-0.2, -0.15) is 0 Å². The molecule has 1 amide bonds. The van der Waals surface area contributed by atoms with Crippen LogP contribution in [0.2, 0.25) is 0 Å². The lowest BCUT2D eigenvalue weighted by molar-refractivity contribution is -0.116. The molecule has 0 aliphatic carbocycles. The van der Waals surface area contributed by atoms with Gasteiger partial charge in [0.05, 0.1) is 12.8 Å². The third-order valence-electron chi connectivity index (χ3n) is 2.86. The monoisotopic (exact) mass is 286 g/mol. The van der Waals surface area contributed by atoms with Crippen LogP contribution in [0.4, 0.5) is 4.39 Å². The fraction of sp³-hybridized carbons (Fsp3) is 0.125. The molecular formula is C16H15FN2O2. The number of halogens is 1. The smallest absolute Gasteiger partial charge is 0.239 e. The molecule has 0 saturated heterocycles. The Balaban J connectivity index is 2.57. The lowest BCUT2D eigenvalue weighted by Gasteiger charge is -2.12. The number of nitrogens with zero attached hydrogens (tertiary/aromatic N) is 1. The molecule has 2 aromatic carbocycles. The molecule has 0 atom stereocenters. The third-order valence-corrected chi connectivity index (χ3v) is 2.86. The molecule has 0 aromatic heterocycles. The Hall–Kier alpha value is -2.69. The minimum absolute atomic E-state index is 0.177. The van der Waals surface area contributed by atoms with Crippen LogP contribution < -0.4 is 10.5 Å². The second-order valence-corrected chi connectivity index (χ2v) is 4.34. The summed E-state index contributed by atoms with van der Waals surface area (Å²) in [6.07, 6.45) is 0. The van der Waals surface area contributed by atoms with Crippen molar-refractivity contribution in [2.45, 2.75) is 0 Å². The number of aliphatic imine (C=N–C) groups is 1. The van der Waals surface area contributed by atoms with Crippen molar-refractivity contribution in [2.24, 2.45) is 10.7 Å². The van der Waals surface area contributed by atoms with E-state index >= 15 is 0 Å². The topological polar surface area (TPSA) is 64.7 Å². The molecule has 0 spiro atoms. The van der Waals surface area contributed by atoms with E-state index in [0.29, 0.717) is 17.0 Å². The number of nitrogens with two attached hydrogens (primary N) is 1. The van der Waals surface area contributed by atoms with E-state index in [1.54, 1.807) is 0 Å². The van der Waals surface area contributed by atoms with Crippen LogP contribution in [0.1, 0.15) is 11.1 Å². The van der Waals surface area contributed by atoms with Gasteiger partial charge in [-0.25, -0.2) is 4.39 Å².